The number of carbonyl (C=O) groups is 1. The Balaban J connectivity index is 1.94. The maximum atomic E-state index is 14.9. The van der Waals surface area contributed by atoms with E-state index >= 15 is 0 Å². The Bertz CT molecular complexity index is 1340. The van der Waals surface area contributed by atoms with Crippen molar-refractivity contribution in [3.63, 3.8) is 0 Å². The van der Waals surface area contributed by atoms with Crippen molar-refractivity contribution in [2.45, 2.75) is 32.4 Å². The summed E-state index contributed by atoms with van der Waals surface area (Å²) in [5.74, 6) is -0.556. The lowest BCUT2D eigenvalue weighted by Crippen LogP contribution is -2.09. The molecule has 0 saturated carbocycles. The van der Waals surface area contributed by atoms with Gasteiger partial charge in [-0.15, -0.1) is 6.58 Å². The molecule has 8 heteroatoms. The molecule has 0 amide bonds. The molecular weight excluding hydrogens is 409 g/mol. The third kappa shape index (κ3) is 3.67. The number of allylic oxidation sites excluding steroid dienone is 1. The number of hydrogen-bond donors (Lipinski definition) is 1. The van der Waals surface area contributed by atoms with Crippen LogP contribution in [0.4, 0.5) is 4.39 Å². The van der Waals surface area contributed by atoms with Crippen LogP contribution in [0.3, 0.4) is 0 Å². The second-order valence-corrected chi connectivity index (χ2v) is 7.86. The van der Waals surface area contributed by atoms with Gasteiger partial charge in [0.1, 0.15) is 17.0 Å². The molecule has 1 atom stereocenters. The van der Waals surface area contributed by atoms with Crippen LogP contribution in [0.1, 0.15) is 41.9 Å². The van der Waals surface area contributed by atoms with E-state index in [9.17, 15) is 9.18 Å². The molecular formula is C24H26FN5O2. The number of halogens is 1. The highest BCUT2D eigenvalue weighted by Crippen LogP contribution is 2.31. The summed E-state index contributed by atoms with van der Waals surface area (Å²) in [5, 5.41) is 0.950. The molecule has 4 rings (SSSR count). The SMILES string of the molecule is C=CCCCn1c(-c2nc3cc(C(=O)OC)cc(F)c3n2C)cc2ccc(C(C)N)nc21. The molecule has 0 aliphatic carbocycles. The van der Waals surface area contributed by atoms with Gasteiger partial charge in [-0.3, -0.25) is 0 Å². The average molecular weight is 436 g/mol. The van der Waals surface area contributed by atoms with Gasteiger partial charge in [0.25, 0.3) is 0 Å². The smallest absolute Gasteiger partial charge is 0.338 e. The molecule has 0 aliphatic rings. The van der Waals surface area contributed by atoms with Crippen LogP contribution in [0, 0.1) is 5.82 Å². The molecule has 4 aromatic rings. The van der Waals surface area contributed by atoms with E-state index in [-0.39, 0.29) is 11.6 Å². The fourth-order valence-electron chi connectivity index (χ4n) is 3.96. The minimum Gasteiger partial charge on any atom is -0.465 e. The number of nitrogens with zero attached hydrogens (tertiary/aromatic N) is 4. The molecule has 2 N–H and O–H groups in total. The zero-order valence-electron chi connectivity index (χ0n) is 18.4. The molecule has 0 radical (unpaired) electrons. The molecule has 0 bridgehead atoms. The maximum absolute atomic E-state index is 14.9. The van der Waals surface area contributed by atoms with E-state index in [1.165, 1.54) is 13.2 Å². The fourth-order valence-corrected chi connectivity index (χ4v) is 3.96. The normalized spacial score (nSPS) is 12.4. The molecule has 0 saturated heterocycles. The predicted octanol–water partition coefficient (Wildman–Crippen LogP) is 4.50. The lowest BCUT2D eigenvalue weighted by molar-refractivity contribution is 0.0600. The number of imidazole rings is 1. The first-order valence-electron chi connectivity index (χ1n) is 10.5. The van der Waals surface area contributed by atoms with Crippen molar-refractivity contribution < 1.29 is 13.9 Å². The first-order valence-corrected chi connectivity index (χ1v) is 10.5. The fraction of sp³-hybridized carbons (Fsp3) is 0.292. The average Bonchev–Trinajstić information content (AvgIpc) is 3.30. The van der Waals surface area contributed by atoms with Crippen LogP contribution in [0.5, 0.6) is 0 Å². The summed E-state index contributed by atoms with van der Waals surface area (Å²) in [6.45, 7) is 6.39. The summed E-state index contributed by atoms with van der Waals surface area (Å²) < 4.78 is 23.4. The Morgan fingerprint density at radius 2 is 2.09 bits per heavy atom. The summed E-state index contributed by atoms with van der Waals surface area (Å²) in [5.41, 5.74) is 9.30. The van der Waals surface area contributed by atoms with Crippen LogP contribution >= 0.6 is 0 Å². The lowest BCUT2D eigenvalue weighted by Gasteiger charge is -2.11. The molecule has 0 aliphatic heterocycles. The van der Waals surface area contributed by atoms with Crippen molar-refractivity contribution in [3.05, 3.63) is 60.1 Å². The van der Waals surface area contributed by atoms with Crippen LogP contribution < -0.4 is 5.73 Å². The van der Waals surface area contributed by atoms with Crippen molar-refractivity contribution >= 4 is 28.0 Å². The van der Waals surface area contributed by atoms with Gasteiger partial charge in [-0.1, -0.05) is 6.08 Å². The number of carbonyl (C=O) groups excluding carboxylic acids is 1. The number of nitrogens with two attached hydrogens (primary N) is 1. The Morgan fingerprint density at radius 3 is 2.78 bits per heavy atom. The maximum Gasteiger partial charge on any atom is 0.338 e. The van der Waals surface area contributed by atoms with E-state index in [1.54, 1.807) is 17.7 Å². The first kappa shape index (κ1) is 21.7. The summed E-state index contributed by atoms with van der Waals surface area (Å²) in [7, 11) is 3.03. The predicted molar refractivity (Wildman–Crippen MR) is 123 cm³/mol. The van der Waals surface area contributed by atoms with E-state index in [0.29, 0.717) is 23.4 Å². The number of ether oxygens (including phenoxy) is 1. The number of esters is 1. The Morgan fingerprint density at radius 1 is 1.31 bits per heavy atom. The van der Waals surface area contributed by atoms with Gasteiger partial charge in [-0.25, -0.2) is 19.2 Å². The number of aromatic nitrogens is 4. The van der Waals surface area contributed by atoms with Crippen molar-refractivity contribution in [1.29, 1.82) is 0 Å². The summed E-state index contributed by atoms with van der Waals surface area (Å²) in [4.78, 5) is 21.4. The monoisotopic (exact) mass is 435 g/mol. The lowest BCUT2D eigenvalue weighted by atomic mass is 10.2. The molecule has 1 unspecified atom stereocenters. The first-order chi connectivity index (χ1) is 15.3. The summed E-state index contributed by atoms with van der Waals surface area (Å²) in [6.07, 6.45) is 3.60. The number of aryl methyl sites for hydroxylation is 2. The van der Waals surface area contributed by atoms with Gasteiger partial charge in [-0.05, 0) is 50.1 Å². The van der Waals surface area contributed by atoms with Crippen LogP contribution in [-0.2, 0) is 18.3 Å². The van der Waals surface area contributed by atoms with Crippen molar-refractivity contribution in [2.24, 2.45) is 12.8 Å². The van der Waals surface area contributed by atoms with Gasteiger partial charge in [-0.2, -0.15) is 0 Å². The van der Waals surface area contributed by atoms with E-state index in [4.69, 9.17) is 15.5 Å². The standard InChI is InChI=1S/C24H26FN5O2/c1-5-6-7-10-30-20(13-15-8-9-18(14(2)26)27-22(15)30)23-28-19-12-16(24(31)32-4)11-17(25)21(19)29(23)3/h5,8-9,11-14H,1,6-7,10,26H2,2-4H3. The van der Waals surface area contributed by atoms with Crippen LogP contribution in [0.25, 0.3) is 33.6 Å². The van der Waals surface area contributed by atoms with Gasteiger partial charge in [0.2, 0.25) is 0 Å². The number of methoxy groups -OCH3 is 1. The van der Waals surface area contributed by atoms with Crippen LogP contribution in [0.15, 0.2) is 43.0 Å². The van der Waals surface area contributed by atoms with Crippen molar-refractivity contribution in [2.75, 3.05) is 7.11 Å². The zero-order chi connectivity index (χ0) is 23.0. The highest BCUT2D eigenvalue weighted by molar-refractivity contribution is 5.95. The number of rotatable bonds is 7. The highest BCUT2D eigenvalue weighted by atomic mass is 19.1. The molecule has 3 heterocycles. The molecule has 0 spiro atoms. The molecule has 32 heavy (non-hydrogen) atoms. The number of fused-ring (bicyclic) bond motifs is 2. The largest absolute Gasteiger partial charge is 0.465 e. The highest BCUT2D eigenvalue weighted by Gasteiger charge is 2.21. The number of pyridine rings is 1. The Kier molecular flexibility index (Phi) is 5.80. The third-order valence-electron chi connectivity index (χ3n) is 5.59. The summed E-state index contributed by atoms with van der Waals surface area (Å²) in [6, 6.07) is 8.44. The quantitative estimate of drug-likeness (QED) is 0.262. The third-order valence-corrected chi connectivity index (χ3v) is 5.59. The number of benzene rings is 1. The second kappa shape index (κ2) is 8.55. The number of hydrogen-bond acceptors (Lipinski definition) is 5. The Hall–Kier alpha value is -3.52. The van der Waals surface area contributed by atoms with E-state index in [1.807, 2.05) is 31.2 Å². The zero-order valence-corrected chi connectivity index (χ0v) is 18.4. The number of unbranched alkanes of at least 4 members (excludes halogenated alkanes) is 1. The minimum absolute atomic E-state index is 0.122. The van der Waals surface area contributed by atoms with Gasteiger partial charge in [0.05, 0.1) is 29.6 Å². The van der Waals surface area contributed by atoms with Crippen molar-refractivity contribution in [3.8, 4) is 11.5 Å². The van der Waals surface area contributed by atoms with Crippen molar-refractivity contribution in [1.82, 2.24) is 19.1 Å². The topological polar surface area (TPSA) is 88.0 Å². The molecule has 1 aromatic carbocycles. The molecule has 166 valence electrons. The molecule has 0 fully saturated rings. The Labute approximate surface area is 185 Å². The van der Waals surface area contributed by atoms with Gasteiger partial charge < -0.3 is 19.6 Å². The second-order valence-electron chi connectivity index (χ2n) is 7.86. The van der Waals surface area contributed by atoms with Gasteiger partial charge in [0.15, 0.2) is 5.82 Å². The molecule has 7 nitrogen and oxygen atoms in total. The summed E-state index contributed by atoms with van der Waals surface area (Å²) >= 11 is 0. The van der Waals surface area contributed by atoms with Crippen LogP contribution in [-0.4, -0.2) is 32.2 Å². The minimum atomic E-state index is -0.607. The van der Waals surface area contributed by atoms with E-state index in [0.717, 1.165) is 35.3 Å². The van der Waals surface area contributed by atoms with Gasteiger partial charge >= 0.3 is 5.97 Å². The van der Waals surface area contributed by atoms with E-state index in [2.05, 4.69) is 16.1 Å². The van der Waals surface area contributed by atoms with Gasteiger partial charge in [0, 0.05) is 25.0 Å². The van der Waals surface area contributed by atoms with E-state index < -0.39 is 11.8 Å². The molecule has 3 aromatic heterocycles. The van der Waals surface area contributed by atoms with Crippen LogP contribution in [0.2, 0.25) is 0 Å².